The number of quaternary nitrogens is 1. The minimum atomic E-state index is -0.0688. The Morgan fingerprint density at radius 2 is 1.66 bits per heavy atom. The van der Waals surface area contributed by atoms with Gasteiger partial charge in [-0.2, -0.15) is 0 Å². The van der Waals surface area contributed by atoms with E-state index in [9.17, 15) is 9.59 Å². The third kappa shape index (κ3) is 6.71. The van der Waals surface area contributed by atoms with E-state index in [1.54, 1.807) is 0 Å². The Bertz CT molecular complexity index is 797. The molecule has 29 heavy (non-hydrogen) atoms. The van der Waals surface area contributed by atoms with E-state index in [1.807, 2.05) is 49.2 Å². The number of aryl methyl sites for hydroxylation is 1. The fraction of sp³-hybridized carbons (Fsp3) is 0.417. The Morgan fingerprint density at radius 1 is 1.00 bits per heavy atom. The van der Waals surface area contributed by atoms with Gasteiger partial charge in [-0.05, 0) is 49.8 Å². The molecule has 3 rings (SSSR count). The summed E-state index contributed by atoms with van der Waals surface area (Å²) in [5.41, 5.74) is 3.32. The van der Waals surface area contributed by atoms with Gasteiger partial charge in [-0.1, -0.05) is 48.0 Å². The molecule has 5 nitrogen and oxygen atoms in total. The first kappa shape index (κ1) is 21.1. The van der Waals surface area contributed by atoms with Crippen molar-refractivity contribution in [1.29, 1.82) is 0 Å². The van der Waals surface area contributed by atoms with Crippen molar-refractivity contribution in [3.05, 3.63) is 65.7 Å². The first-order chi connectivity index (χ1) is 14.0. The van der Waals surface area contributed by atoms with Crippen molar-refractivity contribution in [3.63, 3.8) is 0 Å². The van der Waals surface area contributed by atoms with E-state index in [2.05, 4.69) is 29.6 Å². The van der Waals surface area contributed by atoms with Crippen LogP contribution in [0.2, 0.25) is 0 Å². The molecule has 1 atom stereocenters. The third-order valence-electron chi connectivity index (χ3n) is 5.59. The highest BCUT2D eigenvalue weighted by Gasteiger charge is 2.25. The van der Waals surface area contributed by atoms with Crippen molar-refractivity contribution >= 4 is 17.5 Å². The van der Waals surface area contributed by atoms with Crippen LogP contribution < -0.4 is 10.2 Å². The zero-order valence-electron chi connectivity index (χ0n) is 17.5. The summed E-state index contributed by atoms with van der Waals surface area (Å²) in [6.07, 6.45) is 3.19. The number of rotatable bonds is 7. The lowest BCUT2D eigenvalue weighted by atomic mass is 9.90. The van der Waals surface area contributed by atoms with Crippen molar-refractivity contribution < 1.29 is 14.5 Å². The fourth-order valence-corrected chi connectivity index (χ4v) is 3.88. The standard InChI is InChI=1S/C24H31N3O2/c1-19-8-10-22(11-9-19)25-23(28)17-26(2)18-24(29)27-14-12-21(13-15-27)16-20-6-4-3-5-7-20/h3-11,21H,12-18H2,1-2H3,(H,25,28)/p+1. The summed E-state index contributed by atoms with van der Waals surface area (Å²) in [6.45, 7) is 4.28. The van der Waals surface area contributed by atoms with E-state index in [0.29, 0.717) is 12.5 Å². The molecule has 2 aromatic carbocycles. The smallest absolute Gasteiger partial charge is 0.279 e. The molecule has 2 N–H and O–H groups in total. The molecule has 1 aliphatic rings. The number of nitrogens with zero attached hydrogens (tertiary/aromatic N) is 1. The molecule has 1 aliphatic heterocycles. The van der Waals surface area contributed by atoms with Crippen molar-refractivity contribution in [2.24, 2.45) is 5.92 Å². The molecule has 0 bridgehead atoms. The number of amides is 2. The summed E-state index contributed by atoms with van der Waals surface area (Å²) in [5.74, 6) is 0.719. The van der Waals surface area contributed by atoms with E-state index >= 15 is 0 Å². The van der Waals surface area contributed by atoms with Crippen molar-refractivity contribution in [2.45, 2.75) is 26.2 Å². The largest absolute Gasteiger partial charge is 0.338 e. The second-order valence-electron chi connectivity index (χ2n) is 8.24. The molecular formula is C24H32N3O2+. The van der Waals surface area contributed by atoms with Gasteiger partial charge in [-0.15, -0.1) is 0 Å². The van der Waals surface area contributed by atoms with Crippen LogP contribution in [0, 0.1) is 12.8 Å². The summed E-state index contributed by atoms with van der Waals surface area (Å²) in [6, 6.07) is 18.3. The Balaban J connectivity index is 1.38. The van der Waals surface area contributed by atoms with E-state index in [0.717, 1.165) is 48.5 Å². The molecule has 154 valence electrons. The molecule has 1 fully saturated rings. The topological polar surface area (TPSA) is 53.9 Å². The number of carbonyl (C=O) groups excluding carboxylic acids is 2. The second-order valence-corrected chi connectivity index (χ2v) is 8.24. The predicted octanol–water partition coefficient (Wildman–Crippen LogP) is 1.93. The number of likely N-dealkylation sites (N-methyl/N-ethyl adjacent to an activating group) is 1. The molecule has 0 aromatic heterocycles. The number of benzene rings is 2. The van der Waals surface area contributed by atoms with Gasteiger partial charge in [-0.3, -0.25) is 9.59 Å². The maximum Gasteiger partial charge on any atom is 0.279 e. The van der Waals surface area contributed by atoms with E-state index in [1.165, 1.54) is 5.56 Å². The van der Waals surface area contributed by atoms with Crippen molar-refractivity contribution in [2.75, 3.05) is 38.5 Å². The lowest BCUT2D eigenvalue weighted by Gasteiger charge is -2.32. The van der Waals surface area contributed by atoms with Crippen molar-refractivity contribution in [1.82, 2.24) is 4.90 Å². The molecule has 2 amide bonds. The Hall–Kier alpha value is -2.66. The Labute approximate surface area is 173 Å². The van der Waals surface area contributed by atoms with E-state index in [-0.39, 0.29) is 18.4 Å². The van der Waals surface area contributed by atoms with Crippen LogP contribution in [0.5, 0.6) is 0 Å². The van der Waals surface area contributed by atoms with Crippen LogP contribution in [0.15, 0.2) is 54.6 Å². The zero-order valence-corrected chi connectivity index (χ0v) is 17.5. The summed E-state index contributed by atoms with van der Waals surface area (Å²) < 4.78 is 0. The van der Waals surface area contributed by atoms with Crippen LogP contribution in [-0.4, -0.2) is 49.9 Å². The molecule has 0 spiro atoms. The van der Waals surface area contributed by atoms with Gasteiger partial charge in [0.1, 0.15) is 0 Å². The second kappa shape index (κ2) is 10.2. The Kier molecular flexibility index (Phi) is 7.42. The maximum atomic E-state index is 12.6. The highest BCUT2D eigenvalue weighted by atomic mass is 16.2. The molecule has 0 radical (unpaired) electrons. The number of nitrogens with one attached hydrogen (secondary N) is 2. The maximum absolute atomic E-state index is 12.6. The number of hydrogen-bond donors (Lipinski definition) is 2. The van der Waals surface area contributed by atoms with Gasteiger partial charge in [0.05, 0.1) is 7.05 Å². The molecule has 2 aromatic rings. The normalized spacial score (nSPS) is 15.7. The quantitative estimate of drug-likeness (QED) is 0.754. The van der Waals surface area contributed by atoms with Gasteiger partial charge >= 0.3 is 0 Å². The molecule has 5 heteroatoms. The molecule has 1 unspecified atom stereocenters. The van der Waals surface area contributed by atoms with Crippen molar-refractivity contribution in [3.8, 4) is 0 Å². The molecular weight excluding hydrogens is 362 g/mol. The zero-order chi connectivity index (χ0) is 20.6. The molecule has 1 heterocycles. The van der Waals surface area contributed by atoms with Crippen LogP contribution in [0.3, 0.4) is 0 Å². The number of hydrogen-bond acceptors (Lipinski definition) is 2. The minimum absolute atomic E-state index is 0.0688. The van der Waals surface area contributed by atoms with Gasteiger partial charge in [0.25, 0.3) is 11.8 Å². The van der Waals surface area contributed by atoms with Crippen LogP contribution in [0.1, 0.15) is 24.0 Å². The molecule has 1 saturated heterocycles. The Morgan fingerprint density at radius 3 is 2.31 bits per heavy atom. The van der Waals surface area contributed by atoms with Crippen LogP contribution >= 0.6 is 0 Å². The molecule has 0 aliphatic carbocycles. The van der Waals surface area contributed by atoms with Gasteiger partial charge in [0.2, 0.25) is 0 Å². The summed E-state index contributed by atoms with van der Waals surface area (Å²) >= 11 is 0. The highest BCUT2D eigenvalue weighted by Crippen LogP contribution is 2.21. The first-order valence-corrected chi connectivity index (χ1v) is 10.5. The minimum Gasteiger partial charge on any atom is -0.338 e. The van der Waals surface area contributed by atoms with Crippen LogP contribution in [-0.2, 0) is 16.0 Å². The van der Waals surface area contributed by atoms with E-state index < -0.39 is 0 Å². The van der Waals surface area contributed by atoms with Gasteiger partial charge < -0.3 is 15.1 Å². The fourth-order valence-electron chi connectivity index (χ4n) is 3.88. The third-order valence-corrected chi connectivity index (χ3v) is 5.59. The lowest BCUT2D eigenvalue weighted by Crippen LogP contribution is -3.11. The summed E-state index contributed by atoms with van der Waals surface area (Å²) in [7, 11) is 1.90. The molecule has 0 saturated carbocycles. The van der Waals surface area contributed by atoms with Crippen LogP contribution in [0.4, 0.5) is 5.69 Å². The number of piperidine rings is 1. The summed E-state index contributed by atoms with van der Waals surface area (Å²) in [5, 5.41) is 2.90. The number of likely N-dealkylation sites (tertiary alicyclic amines) is 1. The first-order valence-electron chi connectivity index (χ1n) is 10.5. The van der Waals surface area contributed by atoms with Gasteiger partial charge in [0.15, 0.2) is 13.1 Å². The van der Waals surface area contributed by atoms with E-state index in [4.69, 9.17) is 0 Å². The number of carbonyl (C=O) groups is 2. The van der Waals surface area contributed by atoms with Gasteiger partial charge in [0, 0.05) is 18.8 Å². The van der Waals surface area contributed by atoms with Gasteiger partial charge in [-0.25, -0.2) is 0 Å². The predicted molar refractivity (Wildman–Crippen MR) is 116 cm³/mol. The monoisotopic (exact) mass is 394 g/mol. The van der Waals surface area contributed by atoms with Crippen LogP contribution in [0.25, 0.3) is 0 Å². The average molecular weight is 395 g/mol. The lowest BCUT2D eigenvalue weighted by molar-refractivity contribution is -0.862. The summed E-state index contributed by atoms with van der Waals surface area (Å²) in [4.78, 5) is 27.7. The SMILES string of the molecule is Cc1ccc(NC(=O)C[NH+](C)CC(=O)N2CCC(Cc3ccccc3)CC2)cc1. The number of anilines is 1. The average Bonchev–Trinajstić information content (AvgIpc) is 2.71. The highest BCUT2D eigenvalue weighted by molar-refractivity contribution is 5.91.